The number of carboxylic acid groups (broad SMARTS) is 1. The first-order chi connectivity index (χ1) is 8.67. The largest absolute Gasteiger partial charge is 0.497 e. The number of hydrogen-bond donors (Lipinski definition) is 1. The van der Waals surface area contributed by atoms with E-state index in [0.717, 1.165) is 29.2 Å². The minimum Gasteiger partial charge on any atom is -0.497 e. The van der Waals surface area contributed by atoms with Crippen LogP contribution in [0.3, 0.4) is 0 Å². The number of benzene rings is 1. The van der Waals surface area contributed by atoms with Gasteiger partial charge in [0.1, 0.15) is 5.75 Å². The zero-order valence-electron chi connectivity index (χ0n) is 10.9. The van der Waals surface area contributed by atoms with Crippen molar-refractivity contribution in [1.29, 1.82) is 0 Å². The zero-order valence-corrected chi connectivity index (χ0v) is 11.7. The maximum Gasteiger partial charge on any atom is 0.306 e. The first kappa shape index (κ1) is 14.9. The Morgan fingerprint density at radius 1 is 1.39 bits per heavy atom. The van der Waals surface area contributed by atoms with E-state index >= 15 is 0 Å². The number of methoxy groups -OCH3 is 1. The van der Waals surface area contributed by atoms with Crippen molar-refractivity contribution in [2.45, 2.75) is 19.8 Å². The van der Waals surface area contributed by atoms with Gasteiger partial charge >= 0.3 is 5.97 Å². The minimum absolute atomic E-state index is 0.294. The van der Waals surface area contributed by atoms with E-state index in [0.29, 0.717) is 6.42 Å². The Kier molecular flexibility index (Phi) is 6.65. The third-order valence-corrected chi connectivity index (χ3v) is 3.74. The number of hydrogen-bond acceptors (Lipinski definition) is 3. The van der Waals surface area contributed by atoms with Crippen LogP contribution in [0.4, 0.5) is 0 Å². The highest BCUT2D eigenvalue weighted by Crippen LogP contribution is 2.18. The maximum atomic E-state index is 11.2. The molecule has 0 radical (unpaired) electrons. The number of rotatable bonds is 8. The third-order valence-electron chi connectivity index (χ3n) is 2.81. The summed E-state index contributed by atoms with van der Waals surface area (Å²) < 4.78 is 5.08. The molecule has 0 saturated carbocycles. The van der Waals surface area contributed by atoms with Crippen LogP contribution in [0.2, 0.25) is 0 Å². The minimum atomic E-state index is -0.706. The molecule has 1 aromatic rings. The SMILES string of the molecule is CCSCCC(Cc1ccc(OC)cc1)C(=O)O. The van der Waals surface area contributed by atoms with Gasteiger partial charge in [-0.3, -0.25) is 4.79 Å². The molecule has 1 aromatic carbocycles. The monoisotopic (exact) mass is 268 g/mol. The normalized spacial score (nSPS) is 12.1. The van der Waals surface area contributed by atoms with Gasteiger partial charge in [-0.1, -0.05) is 19.1 Å². The Morgan fingerprint density at radius 3 is 2.56 bits per heavy atom. The van der Waals surface area contributed by atoms with Gasteiger partial charge in [-0.25, -0.2) is 0 Å². The van der Waals surface area contributed by atoms with Crippen molar-refractivity contribution in [3.63, 3.8) is 0 Å². The van der Waals surface area contributed by atoms with Crippen molar-refractivity contribution >= 4 is 17.7 Å². The van der Waals surface area contributed by atoms with E-state index in [1.807, 2.05) is 24.3 Å². The highest BCUT2D eigenvalue weighted by molar-refractivity contribution is 7.99. The molecule has 0 aliphatic carbocycles. The van der Waals surface area contributed by atoms with Crippen LogP contribution in [-0.2, 0) is 11.2 Å². The summed E-state index contributed by atoms with van der Waals surface area (Å²) in [6, 6.07) is 7.60. The zero-order chi connectivity index (χ0) is 13.4. The van der Waals surface area contributed by atoms with Crippen LogP contribution in [0.1, 0.15) is 18.9 Å². The molecule has 4 heteroatoms. The molecule has 1 unspecified atom stereocenters. The van der Waals surface area contributed by atoms with Crippen molar-refractivity contribution < 1.29 is 14.6 Å². The maximum absolute atomic E-state index is 11.2. The summed E-state index contributed by atoms with van der Waals surface area (Å²) in [6.07, 6.45) is 1.31. The number of aliphatic carboxylic acids is 1. The molecule has 0 aromatic heterocycles. The van der Waals surface area contributed by atoms with E-state index in [1.54, 1.807) is 18.9 Å². The van der Waals surface area contributed by atoms with Gasteiger partial charge in [-0.05, 0) is 42.0 Å². The van der Waals surface area contributed by atoms with Crippen LogP contribution < -0.4 is 4.74 Å². The Hall–Kier alpha value is -1.16. The predicted octanol–water partition coefficient (Wildman–Crippen LogP) is 3.08. The Labute approximate surface area is 113 Å². The second-order valence-electron chi connectivity index (χ2n) is 4.07. The average molecular weight is 268 g/mol. The Balaban J connectivity index is 2.56. The van der Waals surface area contributed by atoms with Gasteiger partial charge < -0.3 is 9.84 Å². The van der Waals surface area contributed by atoms with Gasteiger partial charge in [-0.15, -0.1) is 0 Å². The molecule has 18 heavy (non-hydrogen) atoms. The second kappa shape index (κ2) is 8.03. The van der Waals surface area contributed by atoms with Crippen molar-refractivity contribution in [3.05, 3.63) is 29.8 Å². The fourth-order valence-electron chi connectivity index (χ4n) is 1.73. The van der Waals surface area contributed by atoms with Gasteiger partial charge in [0, 0.05) is 0 Å². The van der Waals surface area contributed by atoms with E-state index < -0.39 is 5.97 Å². The molecule has 1 atom stereocenters. The van der Waals surface area contributed by atoms with E-state index in [2.05, 4.69) is 6.92 Å². The summed E-state index contributed by atoms with van der Waals surface area (Å²) in [6.45, 7) is 2.09. The van der Waals surface area contributed by atoms with E-state index in [-0.39, 0.29) is 5.92 Å². The van der Waals surface area contributed by atoms with Crippen LogP contribution in [0.15, 0.2) is 24.3 Å². The van der Waals surface area contributed by atoms with Gasteiger partial charge in [0.25, 0.3) is 0 Å². The molecule has 0 saturated heterocycles. The molecule has 0 aliphatic heterocycles. The molecular weight excluding hydrogens is 248 g/mol. The Bertz CT molecular complexity index is 362. The number of carboxylic acids is 1. The fourth-order valence-corrected chi connectivity index (χ4v) is 2.47. The van der Waals surface area contributed by atoms with E-state index in [4.69, 9.17) is 4.74 Å². The lowest BCUT2D eigenvalue weighted by molar-refractivity contribution is -0.141. The topological polar surface area (TPSA) is 46.5 Å². The molecule has 1 rings (SSSR count). The summed E-state index contributed by atoms with van der Waals surface area (Å²) in [7, 11) is 1.62. The highest BCUT2D eigenvalue weighted by Gasteiger charge is 2.17. The summed E-state index contributed by atoms with van der Waals surface area (Å²) in [5.41, 5.74) is 1.05. The molecule has 0 heterocycles. The smallest absolute Gasteiger partial charge is 0.306 e. The molecule has 0 spiro atoms. The first-order valence-electron chi connectivity index (χ1n) is 6.10. The Morgan fingerprint density at radius 2 is 2.06 bits per heavy atom. The highest BCUT2D eigenvalue weighted by atomic mass is 32.2. The van der Waals surface area contributed by atoms with Gasteiger partial charge in [0.05, 0.1) is 13.0 Å². The van der Waals surface area contributed by atoms with Gasteiger partial charge in [-0.2, -0.15) is 11.8 Å². The molecule has 0 amide bonds. The predicted molar refractivity (Wildman–Crippen MR) is 75.4 cm³/mol. The van der Waals surface area contributed by atoms with Crippen LogP contribution in [0, 0.1) is 5.92 Å². The third kappa shape index (κ3) is 5.00. The van der Waals surface area contributed by atoms with Crippen molar-refractivity contribution in [2.24, 2.45) is 5.92 Å². The van der Waals surface area contributed by atoms with Crippen LogP contribution >= 0.6 is 11.8 Å². The summed E-state index contributed by atoms with van der Waals surface area (Å²) in [5, 5.41) is 9.20. The number of ether oxygens (including phenoxy) is 1. The lowest BCUT2D eigenvalue weighted by Gasteiger charge is -2.12. The molecule has 3 nitrogen and oxygen atoms in total. The molecule has 0 bridgehead atoms. The molecule has 1 N–H and O–H groups in total. The average Bonchev–Trinajstić information content (AvgIpc) is 2.38. The molecule has 0 aliphatic rings. The van der Waals surface area contributed by atoms with E-state index in [9.17, 15) is 9.90 Å². The van der Waals surface area contributed by atoms with Crippen LogP contribution in [0.5, 0.6) is 5.75 Å². The summed E-state index contributed by atoms with van der Waals surface area (Å²) in [5.74, 6) is 1.74. The standard InChI is InChI=1S/C14H20O3S/c1-3-18-9-8-12(14(15)16)10-11-4-6-13(17-2)7-5-11/h4-7,12H,3,8-10H2,1-2H3,(H,15,16). The summed E-state index contributed by atoms with van der Waals surface area (Å²) >= 11 is 1.79. The van der Waals surface area contributed by atoms with Crippen LogP contribution in [0.25, 0.3) is 0 Å². The fraction of sp³-hybridized carbons (Fsp3) is 0.500. The number of thioether (sulfide) groups is 1. The molecule has 0 fully saturated rings. The molecular formula is C14H20O3S. The molecule has 100 valence electrons. The van der Waals surface area contributed by atoms with Crippen LogP contribution in [-0.4, -0.2) is 29.7 Å². The van der Waals surface area contributed by atoms with Crippen molar-refractivity contribution in [3.8, 4) is 5.75 Å². The van der Waals surface area contributed by atoms with Gasteiger partial charge in [0.2, 0.25) is 0 Å². The van der Waals surface area contributed by atoms with E-state index in [1.165, 1.54) is 0 Å². The first-order valence-corrected chi connectivity index (χ1v) is 7.26. The lowest BCUT2D eigenvalue weighted by Crippen LogP contribution is -2.17. The lowest BCUT2D eigenvalue weighted by atomic mass is 9.97. The van der Waals surface area contributed by atoms with Crippen molar-refractivity contribution in [2.75, 3.05) is 18.6 Å². The van der Waals surface area contributed by atoms with Crippen molar-refractivity contribution in [1.82, 2.24) is 0 Å². The quantitative estimate of drug-likeness (QED) is 0.736. The second-order valence-corrected chi connectivity index (χ2v) is 5.47. The van der Waals surface area contributed by atoms with Gasteiger partial charge in [0.15, 0.2) is 0 Å². The summed E-state index contributed by atoms with van der Waals surface area (Å²) in [4.78, 5) is 11.2. The number of carbonyl (C=O) groups is 1.